The minimum atomic E-state index is -0.216. The van der Waals surface area contributed by atoms with Crippen LogP contribution in [0.25, 0.3) is 11.0 Å². The lowest BCUT2D eigenvalue weighted by Gasteiger charge is -2.07. The summed E-state index contributed by atoms with van der Waals surface area (Å²) in [7, 11) is 0. The number of H-pyrrole nitrogens is 1. The monoisotopic (exact) mass is 215 g/mol. The Labute approximate surface area is 90.8 Å². The van der Waals surface area contributed by atoms with Crippen molar-refractivity contribution in [2.24, 2.45) is 4.99 Å². The van der Waals surface area contributed by atoms with Crippen molar-refractivity contribution in [2.45, 2.75) is 0 Å². The van der Waals surface area contributed by atoms with Gasteiger partial charge in [-0.25, -0.2) is 4.98 Å². The van der Waals surface area contributed by atoms with E-state index in [2.05, 4.69) is 15.0 Å². The average molecular weight is 215 g/mol. The van der Waals surface area contributed by atoms with E-state index in [9.17, 15) is 4.79 Å². The van der Waals surface area contributed by atoms with Crippen LogP contribution < -0.4 is 10.3 Å². The topological polar surface area (TPSA) is 67.3 Å². The number of rotatable bonds is 0. The highest BCUT2D eigenvalue weighted by Gasteiger charge is 2.14. The quantitative estimate of drug-likeness (QED) is 0.704. The Bertz CT molecular complexity index is 631. The van der Waals surface area contributed by atoms with Crippen LogP contribution in [0.2, 0.25) is 0 Å². The molecular weight excluding hydrogens is 206 g/mol. The Balaban J connectivity index is 2.44. The minimum absolute atomic E-state index is 0.216. The fourth-order valence-electron chi connectivity index (χ4n) is 1.74. The van der Waals surface area contributed by atoms with Gasteiger partial charge in [0.15, 0.2) is 0 Å². The number of hydrogen-bond donors (Lipinski definition) is 1. The molecule has 0 aromatic carbocycles. The predicted octanol–water partition coefficient (Wildman–Crippen LogP) is 0.734. The van der Waals surface area contributed by atoms with E-state index >= 15 is 0 Å². The van der Waals surface area contributed by atoms with Crippen molar-refractivity contribution in [3.8, 4) is 5.75 Å². The Morgan fingerprint density at radius 3 is 3.31 bits per heavy atom. The molecule has 0 radical (unpaired) electrons. The number of aromatic amines is 1. The molecule has 0 atom stereocenters. The third-order valence-corrected chi connectivity index (χ3v) is 2.46. The molecule has 0 saturated heterocycles. The number of fused-ring (bicyclic) bond motifs is 3. The van der Waals surface area contributed by atoms with Gasteiger partial charge in [0.2, 0.25) is 0 Å². The first-order chi connectivity index (χ1) is 7.86. The zero-order chi connectivity index (χ0) is 11.0. The summed E-state index contributed by atoms with van der Waals surface area (Å²) < 4.78 is 5.56. The molecule has 80 valence electrons. The van der Waals surface area contributed by atoms with Crippen molar-refractivity contribution < 1.29 is 4.74 Å². The first-order valence-electron chi connectivity index (χ1n) is 5.00. The molecule has 0 unspecified atom stereocenters. The molecule has 3 rings (SSSR count). The standard InChI is InChI=1S/C11H9N3O2/c15-11-8-6-12-4-5-16-9(8)7-2-1-3-13-10(7)14-11/h1-3,6H,4-5H2,(H,13,14,15). The van der Waals surface area contributed by atoms with E-state index in [4.69, 9.17) is 4.74 Å². The van der Waals surface area contributed by atoms with Gasteiger partial charge in [-0.1, -0.05) is 0 Å². The van der Waals surface area contributed by atoms with Crippen molar-refractivity contribution in [1.29, 1.82) is 0 Å². The van der Waals surface area contributed by atoms with Crippen LogP contribution in [0.3, 0.4) is 0 Å². The first kappa shape index (κ1) is 9.08. The van der Waals surface area contributed by atoms with Crippen molar-refractivity contribution in [3.05, 3.63) is 34.2 Å². The number of nitrogens with one attached hydrogen (secondary N) is 1. The summed E-state index contributed by atoms with van der Waals surface area (Å²) in [6.45, 7) is 1.05. The van der Waals surface area contributed by atoms with E-state index in [0.29, 0.717) is 30.1 Å². The molecule has 0 aliphatic carbocycles. The van der Waals surface area contributed by atoms with E-state index < -0.39 is 0 Å². The Morgan fingerprint density at radius 2 is 2.38 bits per heavy atom. The molecule has 16 heavy (non-hydrogen) atoms. The summed E-state index contributed by atoms with van der Waals surface area (Å²) in [6, 6.07) is 3.68. The van der Waals surface area contributed by atoms with E-state index in [1.807, 2.05) is 12.1 Å². The largest absolute Gasteiger partial charge is 0.490 e. The molecule has 1 aliphatic rings. The van der Waals surface area contributed by atoms with Gasteiger partial charge < -0.3 is 9.72 Å². The van der Waals surface area contributed by atoms with Crippen LogP contribution in [0, 0.1) is 0 Å². The smallest absolute Gasteiger partial charge is 0.262 e. The molecule has 2 aromatic heterocycles. The van der Waals surface area contributed by atoms with Gasteiger partial charge >= 0.3 is 0 Å². The number of aromatic nitrogens is 2. The lowest BCUT2D eigenvalue weighted by molar-refractivity contribution is 0.334. The second-order valence-corrected chi connectivity index (χ2v) is 3.48. The van der Waals surface area contributed by atoms with E-state index in [1.54, 1.807) is 12.4 Å². The zero-order valence-corrected chi connectivity index (χ0v) is 8.43. The van der Waals surface area contributed by atoms with Crippen molar-refractivity contribution in [2.75, 3.05) is 13.2 Å². The number of hydrogen-bond acceptors (Lipinski definition) is 4. The number of aliphatic imine (C=N–C) groups is 1. The van der Waals surface area contributed by atoms with Gasteiger partial charge in [0, 0.05) is 12.4 Å². The van der Waals surface area contributed by atoms with Gasteiger partial charge in [-0.3, -0.25) is 9.79 Å². The Kier molecular flexibility index (Phi) is 1.96. The van der Waals surface area contributed by atoms with Crippen LogP contribution in [-0.4, -0.2) is 29.3 Å². The zero-order valence-electron chi connectivity index (χ0n) is 8.43. The maximum Gasteiger partial charge on any atom is 0.262 e. The molecule has 1 N–H and O–H groups in total. The summed E-state index contributed by atoms with van der Waals surface area (Å²) in [5, 5.41) is 0.811. The fourth-order valence-corrected chi connectivity index (χ4v) is 1.74. The van der Waals surface area contributed by atoms with Crippen LogP contribution in [0.1, 0.15) is 5.56 Å². The molecule has 3 heterocycles. The highest BCUT2D eigenvalue weighted by atomic mass is 16.5. The van der Waals surface area contributed by atoms with Crippen molar-refractivity contribution in [3.63, 3.8) is 0 Å². The van der Waals surface area contributed by atoms with Crippen LogP contribution >= 0.6 is 0 Å². The van der Waals surface area contributed by atoms with Gasteiger partial charge in [0.25, 0.3) is 5.56 Å². The highest BCUT2D eigenvalue weighted by molar-refractivity contribution is 5.93. The lowest BCUT2D eigenvalue weighted by atomic mass is 10.2. The van der Waals surface area contributed by atoms with Crippen LogP contribution in [0.5, 0.6) is 5.75 Å². The third-order valence-electron chi connectivity index (χ3n) is 2.46. The van der Waals surface area contributed by atoms with Gasteiger partial charge in [0.1, 0.15) is 23.6 Å². The molecular formula is C11H9N3O2. The lowest BCUT2D eigenvalue weighted by Crippen LogP contribution is -2.14. The summed E-state index contributed by atoms with van der Waals surface area (Å²) in [4.78, 5) is 22.7. The highest BCUT2D eigenvalue weighted by Crippen LogP contribution is 2.24. The SMILES string of the molecule is O=c1[nH]c2ncccc2c2c1C=NCCO2. The summed E-state index contributed by atoms with van der Waals surface area (Å²) in [6.07, 6.45) is 3.20. The molecule has 5 nitrogen and oxygen atoms in total. The van der Waals surface area contributed by atoms with Gasteiger partial charge in [-0.05, 0) is 12.1 Å². The van der Waals surface area contributed by atoms with E-state index in [-0.39, 0.29) is 5.56 Å². The molecule has 5 heteroatoms. The van der Waals surface area contributed by atoms with Crippen molar-refractivity contribution in [1.82, 2.24) is 9.97 Å². The molecule has 0 saturated carbocycles. The number of pyridine rings is 2. The molecule has 2 aromatic rings. The Hall–Kier alpha value is -2.17. The second-order valence-electron chi connectivity index (χ2n) is 3.48. The molecule has 1 aliphatic heterocycles. The summed E-state index contributed by atoms with van der Waals surface area (Å²) in [5.74, 6) is 0.577. The van der Waals surface area contributed by atoms with Crippen LogP contribution in [0.4, 0.5) is 0 Å². The average Bonchev–Trinajstić information content (AvgIpc) is 2.55. The predicted molar refractivity (Wildman–Crippen MR) is 60.3 cm³/mol. The van der Waals surface area contributed by atoms with Gasteiger partial charge in [-0.2, -0.15) is 0 Å². The fraction of sp³-hybridized carbons (Fsp3) is 0.182. The number of ether oxygens (including phenoxy) is 1. The van der Waals surface area contributed by atoms with Gasteiger partial charge in [-0.15, -0.1) is 0 Å². The second kappa shape index (κ2) is 3.44. The summed E-state index contributed by atoms with van der Waals surface area (Å²) >= 11 is 0. The number of nitrogens with zero attached hydrogens (tertiary/aromatic N) is 2. The van der Waals surface area contributed by atoms with E-state index in [1.165, 1.54) is 0 Å². The first-order valence-corrected chi connectivity index (χ1v) is 5.00. The maximum absolute atomic E-state index is 11.8. The molecule has 0 fully saturated rings. The van der Waals surface area contributed by atoms with E-state index in [0.717, 1.165) is 5.39 Å². The van der Waals surface area contributed by atoms with Gasteiger partial charge in [0.05, 0.1) is 11.9 Å². The van der Waals surface area contributed by atoms with Crippen molar-refractivity contribution >= 4 is 17.2 Å². The van der Waals surface area contributed by atoms with Crippen LogP contribution in [0.15, 0.2) is 28.1 Å². The minimum Gasteiger partial charge on any atom is -0.490 e. The normalized spacial score (nSPS) is 14.2. The maximum atomic E-state index is 11.8. The Morgan fingerprint density at radius 1 is 1.44 bits per heavy atom. The molecule has 0 spiro atoms. The molecule has 0 bridgehead atoms. The van der Waals surface area contributed by atoms with Crippen LogP contribution in [-0.2, 0) is 0 Å². The summed E-state index contributed by atoms with van der Waals surface area (Å²) in [5.41, 5.74) is 0.798. The molecule has 0 amide bonds. The third kappa shape index (κ3) is 1.29.